The molecule has 2 N–H and O–H groups in total. The number of likely N-dealkylation sites (tertiary alicyclic amines) is 1. The quantitative estimate of drug-likeness (QED) is 0.697. The second-order valence-electron chi connectivity index (χ2n) is 5.16. The van der Waals surface area contributed by atoms with Crippen LogP contribution in [0.4, 0.5) is 0 Å². The molecule has 17 heavy (non-hydrogen) atoms. The largest absolute Gasteiger partial charge is 0.387 e. The Kier molecular flexibility index (Phi) is 4.01. The number of hydrogen-bond donors (Lipinski definition) is 2. The van der Waals surface area contributed by atoms with E-state index in [1.54, 1.807) is 0 Å². The van der Waals surface area contributed by atoms with Crippen molar-refractivity contribution in [1.82, 2.24) is 10.2 Å². The Labute approximate surface area is 102 Å². The van der Waals surface area contributed by atoms with E-state index in [1.165, 1.54) is 0 Å². The Balaban J connectivity index is 1.58. The van der Waals surface area contributed by atoms with Gasteiger partial charge in [0, 0.05) is 26.2 Å². The van der Waals surface area contributed by atoms with Gasteiger partial charge in [0.15, 0.2) is 0 Å². The highest BCUT2D eigenvalue weighted by Gasteiger charge is 2.39. The SMILES string of the molecule is CCC1(O)CN(CC(=O)NCC2CCCO2)C1. The van der Waals surface area contributed by atoms with Gasteiger partial charge in [-0.1, -0.05) is 6.92 Å². The van der Waals surface area contributed by atoms with Crippen LogP contribution in [-0.2, 0) is 9.53 Å². The van der Waals surface area contributed by atoms with Gasteiger partial charge >= 0.3 is 0 Å². The van der Waals surface area contributed by atoms with Gasteiger partial charge in [-0.2, -0.15) is 0 Å². The molecule has 2 saturated heterocycles. The number of nitrogens with one attached hydrogen (secondary N) is 1. The van der Waals surface area contributed by atoms with Gasteiger partial charge in [-0.25, -0.2) is 0 Å². The van der Waals surface area contributed by atoms with Crippen LogP contribution in [-0.4, -0.2) is 60.4 Å². The second-order valence-corrected chi connectivity index (χ2v) is 5.16. The molecule has 1 unspecified atom stereocenters. The molecule has 1 atom stereocenters. The van der Waals surface area contributed by atoms with Crippen molar-refractivity contribution in [2.75, 3.05) is 32.8 Å². The average Bonchev–Trinajstić information content (AvgIpc) is 2.77. The first-order chi connectivity index (χ1) is 8.11. The zero-order valence-corrected chi connectivity index (χ0v) is 10.4. The van der Waals surface area contributed by atoms with Crippen molar-refractivity contribution in [1.29, 1.82) is 0 Å². The summed E-state index contributed by atoms with van der Waals surface area (Å²) >= 11 is 0. The molecule has 0 aromatic rings. The van der Waals surface area contributed by atoms with E-state index in [1.807, 2.05) is 11.8 Å². The molecular weight excluding hydrogens is 220 g/mol. The van der Waals surface area contributed by atoms with Crippen LogP contribution in [0.1, 0.15) is 26.2 Å². The van der Waals surface area contributed by atoms with Crippen molar-refractivity contribution in [3.8, 4) is 0 Å². The monoisotopic (exact) mass is 242 g/mol. The number of β-amino-alcohol motifs (C(OH)–C–C–N with tert-alkyl or cyclic N) is 1. The molecule has 5 heteroatoms. The molecule has 0 bridgehead atoms. The molecule has 2 fully saturated rings. The molecule has 0 saturated carbocycles. The van der Waals surface area contributed by atoms with E-state index in [4.69, 9.17) is 4.74 Å². The number of hydrogen-bond acceptors (Lipinski definition) is 4. The van der Waals surface area contributed by atoms with Crippen molar-refractivity contribution in [2.45, 2.75) is 37.9 Å². The first-order valence-corrected chi connectivity index (χ1v) is 6.44. The smallest absolute Gasteiger partial charge is 0.234 e. The van der Waals surface area contributed by atoms with Crippen molar-refractivity contribution in [3.05, 3.63) is 0 Å². The zero-order chi connectivity index (χ0) is 12.3. The van der Waals surface area contributed by atoms with Crippen LogP contribution in [0.3, 0.4) is 0 Å². The third kappa shape index (κ3) is 3.40. The molecule has 0 radical (unpaired) electrons. The van der Waals surface area contributed by atoms with Gasteiger partial charge < -0.3 is 15.2 Å². The standard InChI is InChI=1S/C12H22N2O3/c1-2-12(16)8-14(9-12)7-11(15)13-6-10-4-3-5-17-10/h10,16H,2-9H2,1H3,(H,13,15). The topological polar surface area (TPSA) is 61.8 Å². The van der Waals surface area contributed by atoms with Crippen LogP contribution < -0.4 is 5.32 Å². The van der Waals surface area contributed by atoms with E-state index in [0.29, 0.717) is 26.2 Å². The van der Waals surface area contributed by atoms with E-state index in [-0.39, 0.29) is 12.0 Å². The number of amides is 1. The van der Waals surface area contributed by atoms with Gasteiger partial charge in [0.1, 0.15) is 0 Å². The predicted octanol–water partition coefficient (Wildman–Crippen LogP) is -0.262. The first-order valence-electron chi connectivity index (χ1n) is 6.44. The molecule has 0 spiro atoms. The highest BCUT2D eigenvalue weighted by molar-refractivity contribution is 5.78. The van der Waals surface area contributed by atoms with Crippen molar-refractivity contribution in [3.63, 3.8) is 0 Å². The van der Waals surface area contributed by atoms with Crippen molar-refractivity contribution >= 4 is 5.91 Å². The fraction of sp³-hybridized carbons (Fsp3) is 0.917. The van der Waals surface area contributed by atoms with E-state index in [0.717, 1.165) is 25.9 Å². The van der Waals surface area contributed by atoms with E-state index in [9.17, 15) is 9.90 Å². The van der Waals surface area contributed by atoms with Gasteiger partial charge in [0.05, 0.1) is 18.2 Å². The fourth-order valence-electron chi connectivity index (χ4n) is 2.41. The Hall–Kier alpha value is -0.650. The lowest BCUT2D eigenvalue weighted by atomic mass is 9.91. The summed E-state index contributed by atoms with van der Waals surface area (Å²) in [5.41, 5.74) is -0.561. The second kappa shape index (κ2) is 5.33. The summed E-state index contributed by atoms with van der Waals surface area (Å²) in [6.45, 7) is 5.00. The maximum Gasteiger partial charge on any atom is 0.234 e. The number of carbonyl (C=O) groups is 1. The highest BCUT2D eigenvalue weighted by atomic mass is 16.5. The van der Waals surface area contributed by atoms with Crippen LogP contribution in [0, 0.1) is 0 Å². The lowest BCUT2D eigenvalue weighted by Gasteiger charge is -2.45. The third-order valence-electron chi connectivity index (χ3n) is 3.61. The van der Waals surface area contributed by atoms with Crippen LogP contribution in [0.25, 0.3) is 0 Å². The van der Waals surface area contributed by atoms with E-state index >= 15 is 0 Å². The predicted molar refractivity (Wildman–Crippen MR) is 63.7 cm³/mol. The molecule has 2 rings (SSSR count). The summed E-state index contributed by atoms with van der Waals surface area (Å²) in [6.07, 6.45) is 3.08. The Bertz CT molecular complexity index is 271. The highest BCUT2D eigenvalue weighted by Crippen LogP contribution is 2.23. The zero-order valence-electron chi connectivity index (χ0n) is 10.4. The van der Waals surface area contributed by atoms with Crippen LogP contribution in [0.2, 0.25) is 0 Å². The van der Waals surface area contributed by atoms with Gasteiger partial charge in [-0.05, 0) is 19.3 Å². The Morgan fingerprint density at radius 3 is 2.94 bits per heavy atom. The summed E-state index contributed by atoms with van der Waals surface area (Å²) in [6, 6.07) is 0. The van der Waals surface area contributed by atoms with Gasteiger partial charge in [-0.3, -0.25) is 9.69 Å². The van der Waals surface area contributed by atoms with E-state index in [2.05, 4.69) is 5.32 Å². The minimum atomic E-state index is -0.561. The molecule has 0 aromatic heterocycles. The lowest BCUT2D eigenvalue weighted by molar-refractivity contribution is -0.133. The Morgan fingerprint density at radius 1 is 1.59 bits per heavy atom. The maximum atomic E-state index is 11.6. The summed E-state index contributed by atoms with van der Waals surface area (Å²) in [5, 5.41) is 12.7. The normalized spacial score (nSPS) is 27.8. The molecule has 98 valence electrons. The molecule has 2 aliphatic rings. The molecule has 0 aliphatic carbocycles. The Morgan fingerprint density at radius 2 is 2.35 bits per heavy atom. The van der Waals surface area contributed by atoms with Crippen LogP contribution in [0.5, 0.6) is 0 Å². The number of rotatable bonds is 5. The van der Waals surface area contributed by atoms with Gasteiger partial charge in [0.2, 0.25) is 5.91 Å². The molecule has 2 aliphatic heterocycles. The van der Waals surface area contributed by atoms with Crippen molar-refractivity contribution in [2.24, 2.45) is 0 Å². The summed E-state index contributed by atoms with van der Waals surface area (Å²) < 4.78 is 5.43. The molecular formula is C12H22N2O3. The molecule has 2 heterocycles. The average molecular weight is 242 g/mol. The van der Waals surface area contributed by atoms with Crippen LogP contribution in [0.15, 0.2) is 0 Å². The van der Waals surface area contributed by atoms with Gasteiger partial charge in [0.25, 0.3) is 0 Å². The molecule has 1 amide bonds. The summed E-state index contributed by atoms with van der Waals surface area (Å²) in [5.74, 6) is 0.0265. The minimum absolute atomic E-state index is 0.0265. The maximum absolute atomic E-state index is 11.6. The van der Waals surface area contributed by atoms with Gasteiger partial charge in [-0.15, -0.1) is 0 Å². The lowest BCUT2D eigenvalue weighted by Crippen LogP contribution is -2.63. The van der Waals surface area contributed by atoms with Crippen LogP contribution >= 0.6 is 0 Å². The summed E-state index contributed by atoms with van der Waals surface area (Å²) in [4.78, 5) is 13.6. The number of carbonyl (C=O) groups excluding carboxylic acids is 1. The number of nitrogens with zero attached hydrogens (tertiary/aromatic N) is 1. The van der Waals surface area contributed by atoms with E-state index < -0.39 is 5.60 Å². The molecule has 0 aromatic carbocycles. The fourth-order valence-corrected chi connectivity index (χ4v) is 2.41. The molecule has 5 nitrogen and oxygen atoms in total. The number of ether oxygens (including phenoxy) is 1. The minimum Gasteiger partial charge on any atom is -0.387 e. The summed E-state index contributed by atoms with van der Waals surface area (Å²) in [7, 11) is 0. The first kappa shape index (κ1) is 12.8. The van der Waals surface area contributed by atoms with Crippen molar-refractivity contribution < 1.29 is 14.6 Å². The third-order valence-corrected chi connectivity index (χ3v) is 3.61. The number of aliphatic hydroxyl groups is 1.